The number of ether oxygens (including phenoxy) is 2. The predicted octanol–water partition coefficient (Wildman–Crippen LogP) is 5.04. The number of aliphatic hydroxyl groups excluding tert-OH is 1. The number of para-hydroxylation sites is 1. The summed E-state index contributed by atoms with van der Waals surface area (Å²) in [6.07, 6.45) is -0.837. The van der Waals surface area contributed by atoms with Crippen molar-refractivity contribution in [3.8, 4) is 5.75 Å². The van der Waals surface area contributed by atoms with E-state index in [0.717, 1.165) is 21.8 Å². The van der Waals surface area contributed by atoms with Crippen LogP contribution in [0.2, 0.25) is 5.02 Å². The van der Waals surface area contributed by atoms with Gasteiger partial charge in [-0.3, -0.25) is 4.79 Å². The fraction of sp³-hybridized carbons (Fsp3) is 0.235. The topological polar surface area (TPSA) is 125 Å². The lowest BCUT2D eigenvalue weighted by molar-refractivity contribution is -0.136. The standard InChI is InChI=1S/C34H35ClN4O5/c1-19(36-17-22(40)18-44-28-15-9-14-27-31(28)24-11-6-8-13-26(24)39-27)16-37-33(41)29-20(2)38-21(3)30(34(42)43-4)32(29)23-10-5-7-12-25(23)35/h5-15,22,32,36,38-40H,1,16-18H2,2-4H3,(H,37,41). The van der Waals surface area contributed by atoms with Crippen LogP contribution in [0.1, 0.15) is 25.3 Å². The number of hydrogen-bond donors (Lipinski definition) is 5. The van der Waals surface area contributed by atoms with Gasteiger partial charge in [-0.05, 0) is 43.7 Å². The van der Waals surface area contributed by atoms with Crippen molar-refractivity contribution in [2.45, 2.75) is 25.9 Å². The second kappa shape index (κ2) is 13.3. The minimum Gasteiger partial charge on any atom is -0.490 e. The average Bonchev–Trinajstić information content (AvgIpc) is 3.40. The molecule has 4 aromatic rings. The van der Waals surface area contributed by atoms with E-state index in [4.69, 9.17) is 21.1 Å². The van der Waals surface area contributed by atoms with Crippen molar-refractivity contribution in [3.05, 3.63) is 112 Å². The zero-order chi connectivity index (χ0) is 31.4. The van der Waals surface area contributed by atoms with Crippen LogP contribution in [0.3, 0.4) is 0 Å². The third kappa shape index (κ3) is 6.29. The van der Waals surface area contributed by atoms with E-state index in [1.165, 1.54) is 7.11 Å². The number of aromatic amines is 1. The summed E-state index contributed by atoms with van der Waals surface area (Å²) >= 11 is 6.54. The second-order valence-corrected chi connectivity index (χ2v) is 11.0. The van der Waals surface area contributed by atoms with Gasteiger partial charge in [0, 0.05) is 50.5 Å². The maximum absolute atomic E-state index is 13.6. The summed E-state index contributed by atoms with van der Waals surface area (Å²) in [5.41, 5.74) is 4.90. The summed E-state index contributed by atoms with van der Waals surface area (Å²) in [7, 11) is 1.30. The Hall–Kier alpha value is -4.73. The molecule has 0 bridgehead atoms. The van der Waals surface area contributed by atoms with E-state index >= 15 is 0 Å². The Morgan fingerprint density at radius 1 is 0.977 bits per heavy atom. The summed E-state index contributed by atoms with van der Waals surface area (Å²) in [4.78, 5) is 29.8. The molecule has 0 aliphatic carbocycles. The minimum atomic E-state index is -0.837. The molecule has 0 fully saturated rings. The molecule has 1 aromatic heterocycles. The summed E-state index contributed by atoms with van der Waals surface area (Å²) in [6.45, 7) is 7.84. The Balaban J connectivity index is 1.20. The van der Waals surface area contributed by atoms with E-state index in [9.17, 15) is 14.7 Å². The predicted molar refractivity (Wildman–Crippen MR) is 172 cm³/mol. The van der Waals surface area contributed by atoms with Crippen LogP contribution in [-0.2, 0) is 14.3 Å². The van der Waals surface area contributed by atoms with Crippen LogP contribution in [0, 0.1) is 0 Å². The summed E-state index contributed by atoms with van der Waals surface area (Å²) < 4.78 is 11.1. The van der Waals surface area contributed by atoms with E-state index in [0.29, 0.717) is 44.6 Å². The lowest BCUT2D eigenvalue weighted by atomic mass is 9.80. The van der Waals surface area contributed by atoms with Crippen LogP contribution in [0.5, 0.6) is 5.75 Å². The van der Waals surface area contributed by atoms with Crippen molar-refractivity contribution in [1.82, 2.24) is 20.9 Å². The van der Waals surface area contributed by atoms with Crippen LogP contribution in [0.15, 0.2) is 102 Å². The molecule has 3 aromatic carbocycles. The van der Waals surface area contributed by atoms with Crippen molar-refractivity contribution >= 4 is 45.3 Å². The Bertz CT molecular complexity index is 1810. The van der Waals surface area contributed by atoms with Crippen LogP contribution in [0.25, 0.3) is 21.8 Å². The van der Waals surface area contributed by atoms with Gasteiger partial charge in [0.1, 0.15) is 18.5 Å². The first-order chi connectivity index (χ1) is 21.2. The van der Waals surface area contributed by atoms with E-state index < -0.39 is 23.9 Å². The van der Waals surface area contributed by atoms with E-state index in [2.05, 4.69) is 27.5 Å². The molecule has 5 rings (SSSR count). The van der Waals surface area contributed by atoms with Crippen molar-refractivity contribution in [3.63, 3.8) is 0 Å². The fourth-order valence-corrected chi connectivity index (χ4v) is 5.78. The smallest absolute Gasteiger partial charge is 0.336 e. The molecule has 9 nitrogen and oxygen atoms in total. The number of halogens is 1. The highest BCUT2D eigenvalue weighted by Gasteiger charge is 2.37. The number of hydrogen-bond acceptors (Lipinski definition) is 7. The number of aliphatic hydroxyl groups is 1. The molecule has 1 aliphatic rings. The SMILES string of the molecule is C=C(CNC(=O)C1=C(C)NC(C)=C(C(=O)OC)C1c1ccccc1Cl)NCC(O)COc1cccc2[nH]c3ccccc3c12. The molecule has 0 radical (unpaired) electrons. The molecule has 44 heavy (non-hydrogen) atoms. The summed E-state index contributed by atoms with van der Waals surface area (Å²) in [5, 5.41) is 22.1. The third-order valence-electron chi connectivity index (χ3n) is 7.60. The number of nitrogens with one attached hydrogen (secondary N) is 4. The van der Waals surface area contributed by atoms with Gasteiger partial charge in [0.05, 0.1) is 30.7 Å². The van der Waals surface area contributed by atoms with Gasteiger partial charge in [-0.2, -0.15) is 0 Å². The number of dihydropyridines is 1. The number of carbonyl (C=O) groups excluding carboxylic acids is 2. The first-order valence-electron chi connectivity index (χ1n) is 14.2. The molecule has 2 heterocycles. The first-order valence-corrected chi connectivity index (χ1v) is 14.6. The molecular formula is C34H35ClN4O5. The highest BCUT2D eigenvalue weighted by molar-refractivity contribution is 6.31. The van der Waals surface area contributed by atoms with Gasteiger partial charge < -0.3 is 35.5 Å². The third-order valence-corrected chi connectivity index (χ3v) is 7.94. The number of allylic oxidation sites excluding steroid dienone is 2. The average molecular weight is 615 g/mol. The zero-order valence-corrected chi connectivity index (χ0v) is 25.5. The Morgan fingerprint density at radius 2 is 1.68 bits per heavy atom. The Labute approximate surface area is 260 Å². The number of benzene rings is 3. The van der Waals surface area contributed by atoms with Crippen molar-refractivity contribution in [2.24, 2.45) is 0 Å². The number of fused-ring (bicyclic) bond motifs is 3. The normalized spacial score (nSPS) is 15.6. The molecule has 228 valence electrons. The number of esters is 1. The number of carbonyl (C=O) groups is 2. The Morgan fingerprint density at radius 3 is 2.45 bits per heavy atom. The van der Waals surface area contributed by atoms with Gasteiger partial charge in [0.15, 0.2) is 0 Å². The van der Waals surface area contributed by atoms with Gasteiger partial charge in [-0.1, -0.05) is 60.6 Å². The molecular weight excluding hydrogens is 580 g/mol. The van der Waals surface area contributed by atoms with E-state index in [1.54, 1.807) is 38.1 Å². The lowest BCUT2D eigenvalue weighted by Gasteiger charge is -2.31. The first kappa shape index (κ1) is 30.7. The molecule has 0 spiro atoms. The molecule has 2 unspecified atom stereocenters. The molecule has 0 saturated heterocycles. The number of methoxy groups -OCH3 is 1. The van der Waals surface area contributed by atoms with Crippen LogP contribution in [-0.4, -0.2) is 54.9 Å². The monoisotopic (exact) mass is 614 g/mol. The molecule has 2 atom stereocenters. The second-order valence-electron chi connectivity index (χ2n) is 10.6. The maximum Gasteiger partial charge on any atom is 0.336 e. The van der Waals surface area contributed by atoms with Crippen LogP contribution < -0.4 is 20.7 Å². The van der Waals surface area contributed by atoms with Crippen LogP contribution >= 0.6 is 11.6 Å². The van der Waals surface area contributed by atoms with Gasteiger partial charge >= 0.3 is 5.97 Å². The van der Waals surface area contributed by atoms with Crippen molar-refractivity contribution in [1.29, 1.82) is 0 Å². The fourth-order valence-electron chi connectivity index (χ4n) is 5.54. The molecule has 0 saturated carbocycles. The molecule has 1 aliphatic heterocycles. The minimum absolute atomic E-state index is 0.0600. The number of rotatable bonds is 11. The largest absolute Gasteiger partial charge is 0.490 e. The van der Waals surface area contributed by atoms with Gasteiger partial charge in [-0.15, -0.1) is 0 Å². The van der Waals surface area contributed by atoms with Crippen molar-refractivity contribution < 1.29 is 24.2 Å². The molecule has 5 N–H and O–H groups in total. The number of aromatic nitrogens is 1. The lowest BCUT2D eigenvalue weighted by Crippen LogP contribution is -2.39. The molecule has 1 amide bonds. The summed E-state index contributed by atoms with van der Waals surface area (Å²) in [6, 6.07) is 20.9. The van der Waals surface area contributed by atoms with E-state index in [1.807, 2.05) is 42.5 Å². The highest BCUT2D eigenvalue weighted by atomic mass is 35.5. The molecule has 10 heteroatoms. The maximum atomic E-state index is 13.6. The van der Waals surface area contributed by atoms with Crippen molar-refractivity contribution in [2.75, 3.05) is 26.8 Å². The highest BCUT2D eigenvalue weighted by Crippen LogP contribution is 2.41. The van der Waals surface area contributed by atoms with Gasteiger partial charge in [0.2, 0.25) is 5.91 Å². The quantitative estimate of drug-likeness (QED) is 0.150. The summed E-state index contributed by atoms with van der Waals surface area (Å²) in [5.74, 6) is -1.01. The zero-order valence-electron chi connectivity index (χ0n) is 24.8. The van der Waals surface area contributed by atoms with E-state index in [-0.39, 0.29) is 19.7 Å². The van der Waals surface area contributed by atoms with Gasteiger partial charge in [-0.25, -0.2) is 4.79 Å². The van der Waals surface area contributed by atoms with Crippen LogP contribution in [0.4, 0.5) is 0 Å². The number of H-pyrrole nitrogens is 1. The Kier molecular flexibility index (Phi) is 9.27. The van der Waals surface area contributed by atoms with Gasteiger partial charge in [0.25, 0.3) is 0 Å². The number of amides is 1.